The Balaban J connectivity index is 1.52. The molecule has 1 heterocycles. The second-order valence-electron chi connectivity index (χ2n) is 9.49. The van der Waals surface area contributed by atoms with Crippen LogP contribution in [0, 0.1) is 0 Å². The van der Waals surface area contributed by atoms with E-state index in [1.807, 2.05) is 32.9 Å². The monoisotopic (exact) mass is 486 g/mol. The summed E-state index contributed by atoms with van der Waals surface area (Å²) in [7, 11) is 0. The van der Waals surface area contributed by atoms with Crippen molar-refractivity contribution >= 4 is 23.1 Å². The van der Waals surface area contributed by atoms with E-state index < -0.39 is 17.3 Å². The number of ether oxygens (including phenoxy) is 2. The highest BCUT2D eigenvalue weighted by atomic mass is 19.4. The van der Waals surface area contributed by atoms with Crippen molar-refractivity contribution in [2.45, 2.75) is 64.3 Å². The summed E-state index contributed by atoms with van der Waals surface area (Å²) in [6, 6.07) is 13.9. The number of halogens is 3. The van der Waals surface area contributed by atoms with Gasteiger partial charge in [-0.1, -0.05) is 6.07 Å². The molecule has 4 rings (SSSR count). The molecule has 0 spiro atoms. The SMILES string of the molecule is CC(C)(C)Oc1cccc(Nc2nc(Nc3ccc(OC4CCCC4)cc3)ncc2C(F)(F)F)c1. The molecule has 0 aliphatic heterocycles. The number of hydrogen-bond acceptors (Lipinski definition) is 6. The molecule has 1 aliphatic carbocycles. The molecule has 186 valence electrons. The van der Waals surface area contributed by atoms with Crippen molar-refractivity contribution in [3.63, 3.8) is 0 Å². The molecular formula is C26H29F3N4O2. The number of hydrogen-bond donors (Lipinski definition) is 2. The van der Waals surface area contributed by atoms with Crippen LogP contribution < -0.4 is 20.1 Å². The van der Waals surface area contributed by atoms with Gasteiger partial charge in [-0.15, -0.1) is 0 Å². The normalized spacial score (nSPS) is 14.6. The van der Waals surface area contributed by atoms with Crippen LogP contribution in [0.4, 0.5) is 36.3 Å². The Bertz CT molecular complexity index is 1140. The standard InChI is InChI=1S/C26H29F3N4O2/c1-25(2,3)35-21-10-6-7-18(15-21)31-23-22(26(27,28)29)16-30-24(33-23)32-17-11-13-20(14-12-17)34-19-8-4-5-9-19/h6-7,10-16,19H,4-5,8-9H2,1-3H3,(H2,30,31,32,33). The lowest BCUT2D eigenvalue weighted by atomic mass is 10.2. The Morgan fingerprint density at radius 1 is 0.886 bits per heavy atom. The van der Waals surface area contributed by atoms with Gasteiger partial charge < -0.3 is 20.1 Å². The maximum Gasteiger partial charge on any atom is 0.421 e. The van der Waals surface area contributed by atoms with Crippen molar-refractivity contribution < 1.29 is 22.6 Å². The molecule has 3 aromatic rings. The van der Waals surface area contributed by atoms with E-state index in [0.29, 0.717) is 17.1 Å². The highest BCUT2D eigenvalue weighted by Crippen LogP contribution is 2.36. The molecule has 1 fully saturated rings. The number of nitrogens with zero attached hydrogens (tertiary/aromatic N) is 2. The smallest absolute Gasteiger partial charge is 0.421 e. The van der Waals surface area contributed by atoms with Gasteiger partial charge in [0.2, 0.25) is 5.95 Å². The van der Waals surface area contributed by atoms with Gasteiger partial charge in [0.15, 0.2) is 0 Å². The Hall–Kier alpha value is -3.49. The van der Waals surface area contributed by atoms with Crippen LogP contribution in [0.1, 0.15) is 52.0 Å². The molecule has 2 N–H and O–H groups in total. The molecule has 0 radical (unpaired) electrons. The van der Waals surface area contributed by atoms with Crippen LogP contribution in [0.3, 0.4) is 0 Å². The first-order chi connectivity index (χ1) is 16.5. The van der Waals surface area contributed by atoms with E-state index in [2.05, 4.69) is 20.6 Å². The van der Waals surface area contributed by atoms with Crippen molar-refractivity contribution in [2.24, 2.45) is 0 Å². The lowest BCUT2D eigenvalue weighted by molar-refractivity contribution is -0.137. The summed E-state index contributed by atoms with van der Waals surface area (Å²) in [6.45, 7) is 5.68. The Morgan fingerprint density at radius 2 is 1.60 bits per heavy atom. The maximum atomic E-state index is 13.6. The Kier molecular flexibility index (Phi) is 7.05. The van der Waals surface area contributed by atoms with Gasteiger partial charge in [0.1, 0.15) is 28.5 Å². The van der Waals surface area contributed by atoms with Gasteiger partial charge in [-0.05, 0) is 82.9 Å². The second-order valence-corrected chi connectivity index (χ2v) is 9.49. The lowest BCUT2D eigenvalue weighted by Crippen LogP contribution is -2.22. The zero-order valence-corrected chi connectivity index (χ0v) is 19.9. The fraction of sp³-hybridized carbons (Fsp3) is 0.385. The lowest BCUT2D eigenvalue weighted by Gasteiger charge is -2.22. The third-order valence-electron chi connectivity index (χ3n) is 5.33. The number of nitrogens with one attached hydrogen (secondary N) is 2. The fourth-order valence-electron chi connectivity index (χ4n) is 3.82. The summed E-state index contributed by atoms with van der Waals surface area (Å²) in [5, 5.41) is 5.73. The topological polar surface area (TPSA) is 68.3 Å². The third-order valence-corrected chi connectivity index (χ3v) is 5.33. The van der Waals surface area contributed by atoms with E-state index in [0.717, 1.165) is 24.8 Å². The van der Waals surface area contributed by atoms with Gasteiger partial charge in [-0.25, -0.2) is 4.98 Å². The van der Waals surface area contributed by atoms with E-state index >= 15 is 0 Å². The maximum absolute atomic E-state index is 13.6. The summed E-state index contributed by atoms with van der Waals surface area (Å²) in [5.74, 6) is 0.968. The van der Waals surface area contributed by atoms with Crippen LogP contribution in [-0.2, 0) is 6.18 Å². The molecule has 35 heavy (non-hydrogen) atoms. The molecule has 6 nitrogen and oxygen atoms in total. The molecule has 1 saturated carbocycles. The van der Waals surface area contributed by atoms with Crippen molar-refractivity contribution in [1.82, 2.24) is 9.97 Å². The Morgan fingerprint density at radius 3 is 2.26 bits per heavy atom. The van der Waals surface area contributed by atoms with Crippen LogP contribution in [0.25, 0.3) is 0 Å². The van der Waals surface area contributed by atoms with Gasteiger partial charge in [0, 0.05) is 23.6 Å². The molecule has 0 bridgehead atoms. The quantitative estimate of drug-likeness (QED) is 0.361. The highest BCUT2D eigenvalue weighted by molar-refractivity contribution is 5.64. The van der Waals surface area contributed by atoms with Crippen LogP contribution in [0.2, 0.25) is 0 Å². The van der Waals surface area contributed by atoms with Gasteiger partial charge in [0.25, 0.3) is 0 Å². The predicted octanol–water partition coefficient (Wildman–Crippen LogP) is 7.48. The fourth-order valence-corrected chi connectivity index (χ4v) is 3.82. The zero-order chi connectivity index (χ0) is 25.1. The molecule has 0 atom stereocenters. The summed E-state index contributed by atoms with van der Waals surface area (Å²) < 4.78 is 52.7. The number of alkyl halides is 3. The third kappa shape index (κ3) is 7.00. The van der Waals surface area contributed by atoms with Gasteiger partial charge in [-0.3, -0.25) is 0 Å². The predicted molar refractivity (Wildman–Crippen MR) is 130 cm³/mol. The summed E-state index contributed by atoms with van der Waals surface area (Å²) in [4.78, 5) is 7.99. The molecule has 1 aromatic heterocycles. The average Bonchev–Trinajstić information content (AvgIpc) is 3.27. The summed E-state index contributed by atoms with van der Waals surface area (Å²) >= 11 is 0. The first-order valence-electron chi connectivity index (χ1n) is 11.6. The molecule has 9 heteroatoms. The van der Waals surface area contributed by atoms with E-state index in [1.54, 1.807) is 36.4 Å². The van der Waals surface area contributed by atoms with Gasteiger partial charge >= 0.3 is 6.18 Å². The molecule has 0 unspecified atom stereocenters. The van der Waals surface area contributed by atoms with E-state index in [1.165, 1.54) is 12.8 Å². The molecular weight excluding hydrogens is 457 g/mol. The van der Waals surface area contributed by atoms with E-state index in [-0.39, 0.29) is 17.9 Å². The number of rotatable bonds is 7. The first kappa shape index (κ1) is 24.6. The zero-order valence-electron chi connectivity index (χ0n) is 19.9. The van der Waals surface area contributed by atoms with Crippen molar-refractivity contribution in [3.05, 3.63) is 60.3 Å². The number of aromatic nitrogens is 2. The minimum atomic E-state index is -4.63. The van der Waals surface area contributed by atoms with Crippen molar-refractivity contribution in [1.29, 1.82) is 0 Å². The number of benzene rings is 2. The van der Waals surface area contributed by atoms with E-state index in [9.17, 15) is 13.2 Å². The number of anilines is 4. The minimum Gasteiger partial charge on any atom is -0.490 e. The van der Waals surface area contributed by atoms with Crippen LogP contribution in [-0.4, -0.2) is 21.7 Å². The van der Waals surface area contributed by atoms with Crippen LogP contribution in [0.5, 0.6) is 11.5 Å². The van der Waals surface area contributed by atoms with Gasteiger partial charge in [0.05, 0.1) is 6.10 Å². The minimum absolute atomic E-state index is 0.0343. The molecule has 2 aromatic carbocycles. The summed E-state index contributed by atoms with van der Waals surface area (Å²) in [6.07, 6.45) is 0.859. The largest absolute Gasteiger partial charge is 0.490 e. The van der Waals surface area contributed by atoms with E-state index in [4.69, 9.17) is 9.47 Å². The second kappa shape index (κ2) is 10.0. The average molecular weight is 487 g/mol. The van der Waals surface area contributed by atoms with Crippen molar-refractivity contribution in [2.75, 3.05) is 10.6 Å². The van der Waals surface area contributed by atoms with Crippen molar-refractivity contribution in [3.8, 4) is 11.5 Å². The Labute approximate surface area is 202 Å². The van der Waals surface area contributed by atoms with Crippen LogP contribution >= 0.6 is 0 Å². The summed E-state index contributed by atoms with van der Waals surface area (Å²) in [5.41, 5.74) is -0.365. The van der Waals surface area contributed by atoms with Gasteiger partial charge in [-0.2, -0.15) is 18.2 Å². The molecule has 0 saturated heterocycles. The molecule has 1 aliphatic rings. The first-order valence-corrected chi connectivity index (χ1v) is 11.6. The molecule has 0 amide bonds. The highest BCUT2D eigenvalue weighted by Gasteiger charge is 2.35. The van der Waals surface area contributed by atoms with Crippen LogP contribution in [0.15, 0.2) is 54.7 Å².